The van der Waals surface area contributed by atoms with E-state index in [1.54, 1.807) is 0 Å². The molecule has 1 rings (SSSR count). The zero-order chi connectivity index (χ0) is 7.56. The Hall–Kier alpha value is -0.530. The zero-order valence-electron chi connectivity index (χ0n) is 6.71. The van der Waals surface area contributed by atoms with Crippen LogP contribution in [0.5, 0.6) is 0 Å². The number of rotatable bonds is 1. The highest BCUT2D eigenvalue weighted by Gasteiger charge is 2.20. The molecule has 0 aromatic heterocycles. The molecule has 0 spiro atoms. The second-order valence-corrected chi connectivity index (χ2v) is 3.33. The van der Waals surface area contributed by atoms with Crippen molar-refractivity contribution in [2.45, 2.75) is 32.7 Å². The summed E-state index contributed by atoms with van der Waals surface area (Å²) in [6.45, 7) is 5.26. The Kier molecular flexibility index (Phi) is 2.30. The lowest BCUT2D eigenvalue weighted by Crippen LogP contribution is -2.39. The topological polar surface area (TPSA) is 20.3 Å². The molecule has 0 bridgehead atoms. The summed E-state index contributed by atoms with van der Waals surface area (Å²) in [4.78, 5) is 12.3. The van der Waals surface area contributed by atoms with Crippen molar-refractivity contribution in [3.63, 3.8) is 0 Å². The molecule has 0 aromatic carbocycles. The van der Waals surface area contributed by atoms with Gasteiger partial charge in [0.05, 0.1) is 0 Å². The van der Waals surface area contributed by atoms with Crippen LogP contribution in [0.15, 0.2) is 0 Å². The van der Waals surface area contributed by atoms with Gasteiger partial charge in [-0.15, -0.1) is 0 Å². The second-order valence-electron chi connectivity index (χ2n) is 3.33. The molecule has 2 nitrogen and oxygen atoms in total. The maximum atomic E-state index is 10.4. The molecule has 0 aromatic rings. The number of hydrogen-bond acceptors (Lipinski definition) is 1. The van der Waals surface area contributed by atoms with E-state index in [2.05, 4.69) is 13.8 Å². The van der Waals surface area contributed by atoms with Crippen molar-refractivity contribution in [2.24, 2.45) is 5.92 Å². The van der Waals surface area contributed by atoms with Gasteiger partial charge in [0.15, 0.2) is 0 Å². The smallest absolute Gasteiger partial charge is 0.209 e. The van der Waals surface area contributed by atoms with Gasteiger partial charge in [0, 0.05) is 12.6 Å². The highest BCUT2D eigenvalue weighted by atomic mass is 16.1. The van der Waals surface area contributed by atoms with Crippen molar-refractivity contribution in [3.8, 4) is 0 Å². The van der Waals surface area contributed by atoms with E-state index in [0.717, 1.165) is 13.0 Å². The van der Waals surface area contributed by atoms with Crippen LogP contribution in [0.25, 0.3) is 0 Å². The Morgan fingerprint density at radius 3 is 2.60 bits per heavy atom. The summed E-state index contributed by atoms with van der Waals surface area (Å²) in [7, 11) is 0. The molecule has 1 unspecified atom stereocenters. The molecule has 1 saturated heterocycles. The average Bonchev–Trinajstić information content (AvgIpc) is 1.94. The molecule has 1 fully saturated rings. The van der Waals surface area contributed by atoms with Crippen LogP contribution < -0.4 is 0 Å². The van der Waals surface area contributed by atoms with E-state index in [0.29, 0.717) is 12.0 Å². The fraction of sp³-hybridized carbons (Fsp3) is 0.875. The Bertz CT molecular complexity index is 124. The Labute approximate surface area is 62.2 Å². The van der Waals surface area contributed by atoms with Gasteiger partial charge in [0.25, 0.3) is 0 Å². The summed E-state index contributed by atoms with van der Waals surface area (Å²) in [6, 6.07) is 0.466. The van der Waals surface area contributed by atoms with Crippen LogP contribution >= 0.6 is 0 Å². The molecule has 1 aliphatic heterocycles. The van der Waals surface area contributed by atoms with E-state index in [-0.39, 0.29) is 0 Å². The summed E-state index contributed by atoms with van der Waals surface area (Å²) in [5, 5.41) is 0. The standard InChI is InChI=1S/C8H15NO/c1-7-3-4-8(2)9(5-7)6-10/h6-8H,3-5H2,1-2H3/t7?,8-/m0/s1. The van der Waals surface area contributed by atoms with Crippen molar-refractivity contribution >= 4 is 6.41 Å². The fourth-order valence-corrected chi connectivity index (χ4v) is 1.47. The quantitative estimate of drug-likeness (QED) is 0.503. The monoisotopic (exact) mass is 141 g/mol. The second kappa shape index (κ2) is 3.04. The van der Waals surface area contributed by atoms with Crippen molar-refractivity contribution in [3.05, 3.63) is 0 Å². The first-order chi connectivity index (χ1) is 4.74. The Morgan fingerprint density at radius 1 is 1.40 bits per heavy atom. The highest BCUT2D eigenvalue weighted by molar-refractivity contribution is 5.47. The minimum Gasteiger partial charge on any atom is -0.342 e. The molecule has 0 N–H and O–H groups in total. The van der Waals surface area contributed by atoms with Gasteiger partial charge in [-0.25, -0.2) is 0 Å². The third kappa shape index (κ3) is 1.49. The van der Waals surface area contributed by atoms with Crippen LogP contribution in [0.3, 0.4) is 0 Å². The first-order valence-electron chi connectivity index (χ1n) is 3.95. The van der Waals surface area contributed by atoms with Crippen LogP contribution in [0.2, 0.25) is 0 Å². The van der Waals surface area contributed by atoms with Gasteiger partial charge in [0.2, 0.25) is 6.41 Å². The SMILES string of the molecule is CC1CC[C@H](C)N(C=O)C1. The van der Waals surface area contributed by atoms with E-state index in [1.165, 1.54) is 12.8 Å². The molecule has 1 heterocycles. The fourth-order valence-electron chi connectivity index (χ4n) is 1.47. The van der Waals surface area contributed by atoms with Crippen LogP contribution in [-0.4, -0.2) is 23.9 Å². The maximum absolute atomic E-state index is 10.4. The Balaban J connectivity index is 2.45. The molecule has 10 heavy (non-hydrogen) atoms. The minimum atomic E-state index is 0.466. The lowest BCUT2D eigenvalue weighted by molar-refractivity contribution is -0.121. The predicted octanol–water partition coefficient (Wildman–Crippen LogP) is 1.26. The van der Waals surface area contributed by atoms with Gasteiger partial charge in [-0.1, -0.05) is 6.92 Å². The first-order valence-corrected chi connectivity index (χ1v) is 3.95. The van der Waals surface area contributed by atoms with Crippen LogP contribution in [0.4, 0.5) is 0 Å². The van der Waals surface area contributed by atoms with E-state index >= 15 is 0 Å². The number of piperidine rings is 1. The maximum Gasteiger partial charge on any atom is 0.209 e. The predicted molar refractivity (Wildman–Crippen MR) is 40.6 cm³/mol. The minimum absolute atomic E-state index is 0.466. The van der Waals surface area contributed by atoms with E-state index < -0.39 is 0 Å². The lowest BCUT2D eigenvalue weighted by atomic mass is 9.96. The number of carbonyl (C=O) groups is 1. The van der Waals surface area contributed by atoms with Crippen molar-refractivity contribution in [2.75, 3.05) is 6.54 Å². The number of nitrogens with zero attached hydrogens (tertiary/aromatic N) is 1. The van der Waals surface area contributed by atoms with Crippen LogP contribution in [0, 0.1) is 5.92 Å². The summed E-state index contributed by atoms with van der Waals surface area (Å²) in [5.41, 5.74) is 0. The van der Waals surface area contributed by atoms with Gasteiger partial charge < -0.3 is 4.90 Å². The normalized spacial score (nSPS) is 34.0. The largest absolute Gasteiger partial charge is 0.342 e. The summed E-state index contributed by atoms with van der Waals surface area (Å²) >= 11 is 0. The Morgan fingerprint density at radius 2 is 2.10 bits per heavy atom. The molecule has 0 aliphatic carbocycles. The molecular weight excluding hydrogens is 126 g/mol. The van der Waals surface area contributed by atoms with E-state index in [1.807, 2.05) is 4.90 Å². The molecule has 2 atom stereocenters. The summed E-state index contributed by atoms with van der Waals surface area (Å²) in [6.07, 6.45) is 3.41. The summed E-state index contributed by atoms with van der Waals surface area (Å²) < 4.78 is 0. The number of hydrogen-bond donors (Lipinski definition) is 0. The third-order valence-corrected chi connectivity index (χ3v) is 2.30. The number of carbonyl (C=O) groups excluding carboxylic acids is 1. The lowest BCUT2D eigenvalue weighted by Gasteiger charge is -2.33. The first kappa shape index (κ1) is 7.58. The highest BCUT2D eigenvalue weighted by Crippen LogP contribution is 2.19. The number of likely N-dealkylation sites (tertiary alicyclic amines) is 1. The van der Waals surface area contributed by atoms with Crippen molar-refractivity contribution in [1.82, 2.24) is 4.90 Å². The van der Waals surface area contributed by atoms with E-state index in [9.17, 15) is 4.79 Å². The van der Waals surface area contributed by atoms with Gasteiger partial charge in [-0.2, -0.15) is 0 Å². The summed E-state index contributed by atoms with van der Waals surface area (Å²) in [5.74, 6) is 0.696. The molecular formula is C8H15NO. The van der Waals surface area contributed by atoms with Gasteiger partial charge >= 0.3 is 0 Å². The van der Waals surface area contributed by atoms with E-state index in [4.69, 9.17) is 0 Å². The molecule has 0 radical (unpaired) electrons. The van der Waals surface area contributed by atoms with Gasteiger partial charge in [-0.05, 0) is 25.7 Å². The van der Waals surface area contributed by atoms with Gasteiger partial charge in [0.1, 0.15) is 0 Å². The molecule has 0 saturated carbocycles. The van der Waals surface area contributed by atoms with Crippen molar-refractivity contribution < 1.29 is 4.79 Å². The number of amides is 1. The third-order valence-electron chi connectivity index (χ3n) is 2.30. The molecule has 58 valence electrons. The van der Waals surface area contributed by atoms with Crippen LogP contribution in [0.1, 0.15) is 26.7 Å². The average molecular weight is 141 g/mol. The molecule has 2 heteroatoms. The van der Waals surface area contributed by atoms with Crippen LogP contribution in [-0.2, 0) is 4.79 Å². The molecule has 1 amide bonds. The van der Waals surface area contributed by atoms with Crippen molar-refractivity contribution in [1.29, 1.82) is 0 Å². The zero-order valence-corrected chi connectivity index (χ0v) is 6.71. The van der Waals surface area contributed by atoms with Gasteiger partial charge in [-0.3, -0.25) is 4.79 Å². The molecule has 1 aliphatic rings.